The summed E-state index contributed by atoms with van der Waals surface area (Å²) < 4.78 is 11.3. The fraction of sp³-hybridized carbons (Fsp3) is 0.120. The minimum absolute atomic E-state index is 0.290. The third-order valence-electron chi connectivity index (χ3n) is 4.72. The number of nitrogens with zero attached hydrogens (tertiary/aromatic N) is 1. The van der Waals surface area contributed by atoms with Gasteiger partial charge in [0.1, 0.15) is 22.9 Å². The van der Waals surface area contributed by atoms with Crippen LogP contribution in [-0.4, -0.2) is 18.1 Å². The molecule has 4 aromatic rings. The lowest BCUT2D eigenvalue weighted by Gasteiger charge is -2.16. The zero-order valence-electron chi connectivity index (χ0n) is 16.9. The molecule has 0 amide bonds. The Bertz CT molecular complexity index is 1200. The first-order chi connectivity index (χ1) is 15.2. The predicted molar refractivity (Wildman–Crippen MR) is 125 cm³/mol. The van der Waals surface area contributed by atoms with Gasteiger partial charge in [-0.25, -0.2) is 9.78 Å². The van der Waals surface area contributed by atoms with Crippen LogP contribution in [0.5, 0.6) is 5.75 Å². The highest BCUT2D eigenvalue weighted by Gasteiger charge is 2.24. The molecule has 0 aliphatic rings. The number of esters is 1. The fourth-order valence-electron chi connectivity index (χ4n) is 3.16. The van der Waals surface area contributed by atoms with Crippen molar-refractivity contribution in [2.24, 2.45) is 0 Å². The molecule has 31 heavy (non-hydrogen) atoms. The van der Waals surface area contributed by atoms with Crippen molar-refractivity contribution >= 4 is 40.2 Å². The molecule has 0 atom stereocenters. The van der Waals surface area contributed by atoms with Crippen LogP contribution in [0.1, 0.15) is 21.5 Å². The van der Waals surface area contributed by atoms with Crippen LogP contribution in [-0.2, 0) is 17.1 Å². The number of thioether (sulfide) groups is 1. The van der Waals surface area contributed by atoms with Gasteiger partial charge in [0.25, 0.3) is 0 Å². The maximum Gasteiger partial charge on any atom is 0.344 e. The van der Waals surface area contributed by atoms with E-state index in [1.54, 1.807) is 0 Å². The van der Waals surface area contributed by atoms with Crippen LogP contribution in [0, 0.1) is 0 Å². The standard InChI is InChI=1S/C25H20ClNO3S/c1-29-25(28)22-23(30-15-17-11-13-19(26)14-12-17)20-9-5-6-10-21(20)27-24(22)31-16-18-7-3-2-4-8-18/h2-14H,15-16H2,1H3. The van der Waals surface area contributed by atoms with Crippen molar-refractivity contribution in [3.8, 4) is 5.75 Å². The first-order valence-corrected chi connectivity index (χ1v) is 11.1. The Kier molecular flexibility index (Phi) is 6.75. The second kappa shape index (κ2) is 9.86. The first-order valence-electron chi connectivity index (χ1n) is 9.70. The van der Waals surface area contributed by atoms with E-state index >= 15 is 0 Å². The van der Waals surface area contributed by atoms with Gasteiger partial charge in [-0.2, -0.15) is 0 Å². The van der Waals surface area contributed by atoms with E-state index in [4.69, 9.17) is 26.1 Å². The van der Waals surface area contributed by atoms with Crippen LogP contribution in [0.2, 0.25) is 5.02 Å². The van der Waals surface area contributed by atoms with Gasteiger partial charge in [0, 0.05) is 16.2 Å². The number of pyridine rings is 1. The third-order valence-corrected chi connectivity index (χ3v) is 6.01. The molecule has 1 aromatic heterocycles. The summed E-state index contributed by atoms with van der Waals surface area (Å²) in [5, 5.41) is 2.01. The first kappa shape index (κ1) is 21.2. The zero-order chi connectivity index (χ0) is 21.6. The van der Waals surface area contributed by atoms with Crippen LogP contribution in [0.25, 0.3) is 10.9 Å². The number of para-hydroxylation sites is 1. The van der Waals surface area contributed by atoms with E-state index in [0.717, 1.165) is 22.0 Å². The van der Waals surface area contributed by atoms with Crippen molar-refractivity contribution < 1.29 is 14.3 Å². The summed E-state index contributed by atoms with van der Waals surface area (Å²) in [6.07, 6.45) is 0. The summed E-state index contributed by atoms with van der Waals surface area (Å²) in [4.78, 5) is 17.5. The Labute approximate surface area is 190 Å². The minimum Gasteiger partial charge on any atom is -0.487 e. The maximum atomic E-state index is 12.8. The molecule has 3 aromatic carbocycles. The Morgan fingerprint density at radius 2 is 1.65 bits per heavy atom. The summed E-state index contributed by atoms with van der Waals surface area (Å²) >= 11 is 7.47. The lowest BCUT2D eigenvalue weighted by Crippen LogP contribution is -2.10. The average molecular weight is 450 g/mol. The number of carbonyl (C=O) groups excluding carboxylic acids is 1. The summed E-state index contributed by atoms with van der Waals surface area (Å²) in [5.74, 6) is 0.676. The van der Waals surface area contributed by atoms with E-state index in [9.17, 15) is 4.79 Å². The van der Waals surface area contributed by atoms with Gasteiger partial charge in [0.2, 0.25) is 0 Å². The molecule has 0 fully saturated rings. The zero-order valence-corrected chi connectivity index (χ0v) is 18.5. The molecule has 0 saturated carbocycles. The molecule has 0 spiro atoms. The largest absolute Gasteiger partial charge is 0.487 e. The van der Waals surface area contributed by atoms with Gasteiger partial charge in [-0.05, 0) is 35.4 Å². The molecule has 1 heterocycles. The Hall–Kier alpha value is -3.02. The van der Waals surface area contributed by atoms with Gasteiger partial charge in [0.05, 0.1) is 12.6 Å². The van der Waals surface area contributed by atoms with E-state index in [1.165, 1.54) is 18.9 Å². The van der Waals surface area contributed by atoms with Crippen molar-refractivity contribution in [1.29, 1.82) is 0 Å². The number of methoxy groups -OCH3 is 1. The molecule has 4 rings (SSSR count). The number of hydrogen-bond acceptors (Lipinski definition) is 5. The van der Waals surface area contributed by atoms with Crippen LogP contribution < -0.4 is 4.74 Å². The van der Waals surface area contributed by atoms with Crippen molar-refractivity contribution in [2.75, 3.05) is 7.11 Å². The summed E-state index contributed by atoms with van der Waals surface area (Å²) in [7, 11) is 1.37. The number of carbonyl (C=O) groups is 1. The van der Waals surface area contributed by atoms with Crippen LogP contribution in [0.3, 0.4) is 0 Å². The summed E-state index contributed by atoms with van der Waals surface area (Å²) in [5.41, 5.74) is 3.19. The average Bonchev–Trinajstić information content (AvgIpc) is 2.82. The fourth-order valence-corrected chi connectivity index (χ4v) is 4.26. The predicted octanol–water partition coefficient (Wildman–Crippen LogP) is 6.55. The van der Waals surface area contributed by atoms with Gasteiger partial charge >= 0.3 is 5.97 Å². The van der Waals surface area contributed by atoms with Gasteiger partial charge in [-0.3, -0.25) is 0 Å². The number of hydrogen-bond donors (Lipinski definition) is 0. The van der Waals surface area contributed by atoms with Crippen molar-refractivity contribution in [3.63, 3.8) is 0 Å². The molecule has 0 N–H and O–H groups in total. The minimum atomic E-state index is -0.472. The molecule has 0 aliphatic carbocycles. The molecule has 4 nitrogen and oxygen atoms in total. The molecule has 0 radical (unpaired) electrons. The van der Waals surface area contributed by atoms with Crippen molar-refractivity contribution in [2.45, 2.75) is 17.4 Å². The quantitative estimate of drug-likeness (QED) is 0.236. The Morgan fingerprint density at radius 1 is 0.935 bits per heavy atom. The van der Waals surface area contributed by atoms with E-state index < -0.39 is 5.97 Å². The maximum absolute atomic E-state index is 12.8. The van der Waals surface area contributed by atoms with Crippen LogP contribution in [0.15, 0.2) is 83.9 Å². The number of halogens is 1. The SMILES string of the molecule is COC(=O)c1c(SCc2ccccc2)nc2ccccc2c1OCc1ccc(Cl)cc1. The lowest BCUT2D eigenvalue weighted by atomic mass is 10.1. The third kappa shape index (κ3) is 5.01. The molecule has 0 unspecified atom stereocenters. The van der Waals surface area contributed by atoms with Crippen LogP contribution in [0.4, 0.5) is 0 Å². The topological polar surface area (TPSA) is 48.4 Å². The number of rotatable bonds is 7. The van der Waals surface area contributed by atoms with E-state index in [1.807, 2.05) is 78.9 Å². The van der Waals surface area contributed by atoms with Gasteiger partial charge in [-0.15, -0.1) is 11.8 Å². The van der Waals surface area contributed by atoms with E-state index in [-0.39, 0.29) is 6.61 Å². The highest BCUT2D eigenvalue weighted by molar-refractivity contribution is 7.98. The van der Waals surface area contributed by atoms with Crippen LogP contribution >= 0.6 is 23.4 Å². The molecule has 0 saturated heterocycles. The van der Waals surface area contributed by atoms with E-state index in [0.29, 0.717) is 27.1 Å². The Morgan fingerprint density at radius 3 is 2.39 bits per heavy atom. The number of aromatic nitrogens is 1. The second-order valence-electron chi connectivity index (χ2n) is 6.82. The molecular weight excluding hydrogens is 430 g/mol. The van der Waals surface area contributed by atoms with E-state index in [2.05, 4.69) is 0 Å². The molecular formula is C25H20ClNO3S. The monoisotopic (exact) mass is 449 g/mol. The second-order valence-corrected chi connectivity index (χ2v) is 8.22. The number of ether oxygens (including phenoxy) is 2. The van der Waals surface area contributed by atoms with Gasteiger partial charge in [0.15, 0.2) is 0 Å². The molecule has 156 valence electrons. The Balaban J connectivity index is 1.75. The summed E-state index contributed by atoms with van der Waals surface area (Å²) in [6.45, 7) is 0.290. The molecule has 6 heteroatoms. The van der Waals surface area contributed by atoms with Gasteiger partial charge in [-0.1, -0.05) is 66.2 Å². The highest BCUT2D eigenvalue weighted by Crippen LogP contribution is 2.37. The number of fused-ring (bicyclic) bond motifs is 1. The normalized spacial score (nSPS) is 10.8. The molecule has 0 bridgehead atoms. The highest BCUT2D eigenvalue weighted by atomic mass is 35.5. The number of benzene rings is 3. The molecule has 0 aliphatic heterocycles. The van der Waals surface area contributed by atoms with Crippen molar-refractivity contribution in [3.05, 3.63) is 101 Å². The smallest absolute Gasteiger partial charge is 0.344 e. The van der Waals surface area contributed by atoms with Gasteiger partial charge < -0.3 is 9.47 Å². The lowest BCUT2D eigenvalue weighted by molar-refractivity contribution is 0.0590. The summed E-state index contributed by atoms with van der Waals surface area (Å²) in [6, 6.07) is 25.1. The van der Waals surface area contributed by atoms with Crippen molar-refractivity contribution in [1.82, 2.24) is 4.98 Å².